The van der Waals surface area contributed by atoms with Crippen LogP contribution in [0.4, 0.5) is 0 Å². The Morgan fingerprint density at radius 1 is 0.425 bits per heavy atom. The van der Waals surface area contributed by atoms with Crippen molar-refractivity contribution in [2.24, 2.45) is 0 Å². The molecule has 0 heterocycles. The number of carbonyl (C=O) groups is 1. The third-order valence-corrected chi connectivity index (χ3v) is 4.59. The van der Waals surface area contributed by atoms with Crippen molar-refractivity contribution in [3.63, 3.8) is 0 Å². The SMILES string of the molecule is CC(C)(C)OC(=O)CCOCCOCCOCCOCCOCCOCCOCCOCCOCCOCCCl. The van der Waals surface area contributed by atoms with Crippen LogP contribution >= 0.6 is 11.6 Å². The summed E-state index contributed by atoms with van der Waals surface area (Å²) in [6, 6.07) is 0. The maximum Gasteiger partial charge on any atom is 0.308 e. The normalized spacial score (nSPS) is 11.8. The molecule has 0 aliphatic rings. The fraction of sp³-hybridized carbons (Fsp3) is 0.963. The van der Waals surface area contributed by atoms with Crippen molar-refractivity contribution in [1.82, 2.24) is 0 Å². The molecule has 0 aromatic heterocycles. The minimum Gasteiger partial charge on any atom is -0.460 e. The van der Waals surface area contributed by atoms with E-state index in [1.807, 2.05) is 20.8 Å². The highest BCUT2D eigenvalue weighted by Crippen LogP contribution is 2.08. The number of ether oxygens (including phenoxy) is 11. The van der Waals surface area contributed by atoms with Gasteiger partial charge in [-0.05, 0) is 20.8 Å². The molecule has 0 bridgehead atoms. The van der Waals surface area contributed by atoms with E-state index in [1.54, 1.807) is 0 Å². The maximum atomic E-state index is 11.5. The van der Waals surface area contributed by atoms with E-state index >= 15 is 0 Å². The van der Waals surface area contributed by atoms with E-state index in [4.69, 9.17) is 63.7 Å². The predicted octanol–water partition coefficient (Wildman–Crippen LogP) is 2.12. The zero-order chi connectivity index (χ0) is 29.4. The van der Waals surface area contributed by atoms with E-state index in [9.17, 15) is 4.79 Å². The number of rotatable bonds is 32. The maximum absolute atomic E-state index is 11.5. The third kappa shape index (κ3) is 35.4. The number of hydrogen-bond acceptors (Lipinski definition) is 12. The zero-order valence-electron chi connectivity index (χ0n) is 24.8. The molecule has 0 fully saturated rings. The van der Waals surface area contributed by atoms with E-state index in [2.05, 4.69) is 0 Å². The van der Waals surface area contributed by atoms with Crippen LogP contribution in [-0.4, -0.2) is 150 Å². The van der Waals surface area contributed by atoms with Gasteiger partial charge in [0.15, 0.2) is 0 Å². The average molecular weight is 605 g/mol. The molecule has 0 aromatic carbocycles. The standard InChI is InChI=1S/C27H53ClO12/c1-27(2,3)40-26(29)4-6-30-8-10-32-12-14-34-16-18-36-20-22-38-24-25-39-23-21-37-19-17-35-15-13-33-11-9-31-7-5-28/h4-25H2,1-3H3. The van der Waals surface area contributed by atoms with E-state index < -0.39 is 5.60 Å². The van der Waals surface area contributed by atoms with Crippen molar-refractivity contribution in [1.29, 1.82) is 0 Å². The van der Waals surface area contributed by atoms with E-state index in [1.165, 1.54) is 0 Å². The molecule has 0 saturated heterocycles. The van der Waals surface area contributed by atoms with Crippen molar-refractivity contribution in [2.45, 2.75) is 32.8 Å². The summed E-state index contributed by atoms with van der Waals surface area (Å²) in [5.41, 5.74) is -0.471. The van der Waals surface area contributed by atoms with E-state index in [-0.39, 0.29) is 12.4 Å². The van der Waals surface area contributed by atoms with Crippen LogP contribution in [0.15, 0.2) is 0 Å². The summed E-state index contributed by atoms with van der Waals surface area (Å²) < 4.78 is 59.1. The van der Waals surface area contributed by atoms with E-state index in [0.29, 0.717) is 138 Å². The first-order chi connectivity index (χ1) is 19.5. The molecule has 12 nitrogen and oxygen atoms in total. The van der Waals surface area contributed by atoms with Crippen LogP contribution in [0, 0.1) is 0 Å². The molecule has 0 spiro atoms. The lowest BCUT2D eigenvalue weighted by Gasteiger charge is -2.19. The Bertz CT molecular complexity index is 522. The largest absolute Gasteiger partial charge is 0.460 e. The van der Waals surface area contributed by atoms with Crippen LogP contribution in [0.3, 0.4) is 0 Å². The second kappa shape index (κ2) is 31.3. The van der Waals surface area contributed by atoms with Gasteiger partial charge in [-0.3, -0.25) is 4.79 Å². The molecule has 0 N–H and O–H groups in total. The first kappa shape index (κ1) is 39.4. The van der Waals surface area contributed by atoms with Crippen molar-refractivity contribution in [3.05, 3.63) is 0 Å². The molecule has 0 aliphatic carbocycles. The van der Waals surface area contributed by atoms with Crippen LogP contribution in [0.2, 0.25) is 0 Å². The molecular formula is C27H53ClO12. The smallest absolute Gasteiger partial charge is 0.308 e. The highest BCUT2D eigenvalue weighted by Gasteiger charge is 2.15. The summed E-state index contributed by atoms with van der Waals surface area (Å²) in [7, 11) is 0. The minimum absolute atomic E-state index is 0.234. The molecule has 0 aromatic rings. The Morgan fingerprint density at radius 2 is 0.650 bits per heavy atom. The highest BCUT2D eigenvalue weighted by atomic mass is 35.5. The Balaban J connectivity index is 3.09. The molecule has 40 heavy (non-hydrogen) atoms. The summed E-state index contributed by atoms with van der Waals surface area (Å²) in [4.78, 5) is 11.5. The fourth-order valence-corrected chi connectivity index (χ4v) is 2.79. The van der Waals surface area contributed by atoms with Gasteiger partial charge in [-0.25, -0.2) is 0 Å². The topological polar surface area (TPSA) is 119 Å². The van der Waals surface area contributed by atoms with Crippen molar-refractivity contribution in [2.75, 3.05) is 138 Å². The number of halogens is 1. The predicted molar refractivity (Wildman–Crippen MR) is 149 cm³/mol. The number of esters is 1. The third-order valence-electron chi connectivity index (χ3n) is 4.44. The van der Waals surface area contributed by atoms with Gasteiger partial charge in [0, 0.05) is 5.88 Å². The molecule has 0 amide bonds. The van der Waals surface area contributed by atoms with Gasteiger partial charge in [0.05, 0.1) is 139 Å². The molecule has 0 saturated carbocycles. The summed E-state index contributed by atoms with van der Waals surface area (Å²) >= 11 is 5.50. The van der Waals surface area contributed by atoms with Gasteiger partial charge in [0.25, 0.3) is 0 Å². The van der Waals surface area contributed by atoms with Crippen LogP contribution in [0.1, 0.15) is 27.2 Å². The Labute approximate surface area is 245 Å². The number of alkyl halides is 1. The van der Waals surface area contributed by atoms with Crippen LogP contribution in [0.5, 0.6) is 0 Å². The molecule has 0 atom stereocenters. The summed E-state index contributed by atoms with van der Waals surface area (Å²) in [5.74, 6) is 0.231. The van der Waals surface area contributed by atoms with Gasteiger partial charge >= 0.3 is 5.97 Å². The second-order valence-corrected chi connectivity index (χ2v) is 9.53. The Hall–Kier alpha value is -0.640. The van der Waals surface area contributed by atoms with Gasteiger partial charge in [-0.1, -0.05) is 0 Å². The molecule has 13 heteroatoms. The molecule has 240 valence electrons. The van der Waals surface area contributed by atoms with Crippen molar-refractivity contribution in [3.8, 4) is 0 Å². The lowest BCUT2D eigenvalue weighted by Crippen LogP contribution is -2.24. The van der Waals surface area contributed by atoms with Crippen molar-refractivity contribution >= 4 is 17.6 Å². The van der Waals surface area contributed by atoms with Crippen LogP contribution in [-0.2, 0) is 56.9 Å². The molecule has 0 aliphatic heterocycles. The fourth-order valence-electron chi connectivity index (χ4n) is 2.68. The highest BCUT2D eigenvalue weighted by molar-refractivity contribution is 6.17. The van der Waals surface area contributed by atoms with Gasteiger partial charge in [0.2, 0.25) is 0 Å². The van der Waals surface area contributed by atoms with Gasteiger partial charge in [-0.2, -0.15) is 0 Å². The van der Waals surface area contributed by atoms with Gasteiger partial charge in [0.1, 0.15) is 5.60 Å². The monoisotopic (exact) mass is 604 g/mol. The van der Waals surface area contributed by atoms with Crippen molar-refractivity contribution < 1.29 is 56.9 Å². The molecule has 0 rings (SSSR count). The van der Waals surface area contributed by atoms with Gasteiger partial charge < -0.3 is 52.1 Å². The first-order valence-electron chi connectivity index (χ1n) is 14.0. The Kier molecular flexibility index (Phi) is 30.8. The second-order valence-electron chi connectivity index (χ2n) is 9.15. The first-order valence-corrected chi connectivity index (χ1v) is 14.5. The summed E-state index contributed by atoms with van der Waals surface area (Å²) in [5, 5.41) is 0. The average Bonchev–Trinajstić information content (AvgIpc) is 2.90. The summed E-state index contributed by atoms with van der Waals surface area (Å²) in [6.45, 7) is 15.4. The lowest BCUT2D eigenvalue weighted by molar-refractivity contribution is -0.156. The Morgan fingerprint density at radius 3 is 0.875 bits per heavy atom. The zero-order valence-corrected chi connectivity index (χ0v) is 25.6. The quantitative estimate of drug-likeness (QED) is 0.0635. The summed E-state index contributed by atoms with van der Waals surface area (Å²) in [6.07, 6.45) is 0.234. The van der Waals surface area contributed by atoms with Crippen LogP contribution in [0.25, 0.3) is 0 Å². The lowest BCUT2D eigenvalue weighted by atomic mass is 10.2. The van der Waals surface area contributed by atoms with E-state index in [0.717, 1.165) is 0 Å². The molecular weight excluding hydrogens is 552 g/mol. The number of hydrogen-bond donors (Lipinski definition) is 0. The minimum atomic E-state index is -0.471. The van der Waals surface area contributed by atoms with Gasteiger partial charge in [-0.15, -0.1) is 11.6 Å². The molecule has 0 radical (unpaired) electrons. The number of carbonyl (C=O) groups excluding carboxylic acids is 1. The molecule has 0 unspecified atom stereocenters. The van der Waals surface area contributed by atoms with Crippen LogP contribution < -0.4 is 0 Å².